The number of nitrogens with two attached hydrogens (primary N) is 1. The molecule has 2 aliphatic heterocycles. The smallest absolute Gasteiger partial charge is 0.229 e. The van der Waals surface area contributed by atoms with Crippen molar-refractivity contribution in [2.75, 3.05) is 79.4 Å². The first kappa shape index (κ1) is 23.4. The SMILES string of the molecule is CN(CCNc1cc(N2CCCC2)nc(N2CCCC2)n1)CCN(C(N)=S)c1cccnc1. The molecule has 2 aromatic heterocycles. The highest BCUT2D eigenvalue weighted by Gasteiger charge is 2.20. The van der Waals surface area contributed by atoms with E-state index < -0.39 is 0 Å². The first-order valence-corrected chi connectivity index (χ1v) is 12.3. The molecule has 178 valence electrons. The van der Waals surface area contributed by atoms with Crippen LogP contribution < -0.4 is 25.8 Å². The second-order valence-electron chi connectivity index (χ2n) is 8.73. The number of rotatable bonds is 10. The number of hydrogen-bond donors (Lipinski definition) is 2. The van der Waals surface area contributed by atoms with Crippen molar-refractivity contribution in [2.24, 2.45) is 5.73 Å². The van der Waals surface area contributed by atoms with E-state index in [1.54, 1.807) is 12.4 Å². The molecule has 3 N–H and O–H groups in total. The first-order chi connectivity index (χ1) is 16.1. The average molecular weight is 470 g/mol. The fourth-order valence-electron chi connectivity index (χ4n) is 4.32. The van der Waals surface area contributed by atoms with Gasteiger partial charge >= 0.3 is 0 Å². The van der Waals surface area contributed by atoms with E-state index in [4.69, 9.17) is 27.9 Å². The summed E-state index contributed by atoms with van der Waals surface area (Å²) < 4.78 is 0. The van der Waals surface area contributed by atoms with Crippen LogP contribution in [0.3, 0.4) is 0 Å². The monoisotopic (exact) mass is 469 g/mol. The highest BCUT2D eigenvalue weighted by molar-refractivity contribution is 7.80. The number of anilines is 4. The van der Waals surface area contributed by atoms with E-state index in [9.17, 15) is 0 Å². The summed E-state index contributed by atoms with van der Waals surface area (Å²) in [6.45, 7) is 7.46. The lowest BCUT2D eigenvalue weighted by molar-refractivity contribution is 0.357. The maximum absolute atomic E-state index is 5.94. The van der Waals surface area contributed by atoms with Gasteiger partial charge in [-0.05, 0) is 57.1 Å². The Bertz CT molecular complexity index is 864. The Morgan fingerprint density at radius 3 is 2.45 bits per heavy atom. The molecular formula is C23H35N9S. The van der Waals surface area contributed by atoms with E-state index in [1.165, 1.54) is 25.7 Å². The number of likely N-dealkylation sites (N-methyl/N-ethyl adjacent to an activating group) is 1. The molecule has 33 heavy (non-hydrogen) atoms. The summed E-state index contributed by atoms with van der Waals surface area (Å²) in [5.41, 5.74) is 6.86. The predicted octanol–water partition coefficient (Wildman–Crippen LogP) is 2.17. The lowest BCUT2D eigenvalue weighted by Gasteiger charge is -2.26. The second-order valence-corrected chi connectivity index (χ2v) is 9.15. The lowest BCUT2D eigenvalue weighted by atomic mass is 10.3. The van der Waals surface area contributed by atoms with Gasteiger partial charge in [-0.2, -0.15) is 9.97 Å². The molecule has 4 rings (SSSR count). The van der Waals surface area contributed by atoms with Gasteiger partial charge in [0, 0.05) is 64.6 Å². The standard InChI is InChI=1S/C23H35N9S/c1-29(15-16-32(22(24)33)19-7-6-8-25-18-19)14-9-26-20-17-21(30-10-2-3-11-30)28-23(27-20)31-12-4-5-13-31/h6-8,17-18H,2-5,9-16H2,1H3,(H2,24,33)(H,26,27,28). The number of aromatic nitrogens is 3. The third-order valence-corrected chi connectivity index (χ3v) is 6.47. The van der Waals surface area contributed by atoms with Crippen molar-refractivity contribution in [3.8, 4) is 0 Å². The van der Waals surface area contributed by atoms with E-state index in [-0.39, 0.29) is 0 Å². The maximum Gasteiger partial charge on any atom is 0.229 e. The number of nitrogens with one attached hydrogen (secondary N) is 1. The quantitative estimate of drug-likeness (QED) is 0.505. The highest BCUT2D eigenvalue weighted by atomic mass is 32.1. The summed E-state index contributed by atoms with van der Waals surface area (Å²) >= 11 is 5.24. The molecule has 2 fully saturated rings. The zero-order valence-electron chi connectivity index (χ0n) is 19.5. The minimum atomic E-state index is 0.361. The van der Waals surface area contributed by atoms with Crippen LogP contribution >= 0.6 is 12.2 Å². The Labute approximate surface area is 202 Å². The molecule has 0 saturated carbocycles. The number of hydrogen-bond acceptors (Lipinski definition) is 8. The Morgan fingerprint density at radius 2 is 1.79 bits per heavy atom. The molecule has 9 nitrogen and oxygen atoms in total. The van der Waals surface area contributed by atoms with Crippen molar-refractivity contribution in [1.29, 1.82) is 0 Å². The van der Waals surface area contributed by atoms with Gasteiger partial charge < -0.3 is 30.7 Å². The van der Waals surface area contributed by atoms with Crippen LogP contribution in [0, 0.1) is 0 Å². The fraction of sp³-hybridized carbons (Fsp3) is 0.565. The molecule has 0 atom stereocenters. The van der Waals surface area contributed by atoms with Gasteiger partial charge in [-0.3, -0.25) is 4.98 Å². The third-order valence-electron chi connectivity index (χ3n) is 6.25. The summed E-state index contributed by atoms with van der Waals surface area (Å²) in [5, 5.41) is 3.89. The molecule has 2 saturated heterocycles. The van der Waals surface area contributed by atoms with Crippen LogP contribution in [-0.2, 0) is 0 Å². The summed E-state index contributed by atoms with van der Waals surface area (Å²) in [5.74, 6) is 2.81. The van der Waals surface area contributed by atoms with Crippen LogP contribution in [0.1, 0.15) is 25.7 Å². The van der Waals surface area contributed by atoms with E-state index in [0.29, 0.717) is 11.7 Å². The Morgan fingerprint density at radius 1 is 1.06 bits per heavy atom. The van der Waals surface area contributed by atoms with Gasteiger partial charge in [0.1, 0.15) is 11.6 Å². The molecule has 0 aliphatic carbocycles. The first-order valence-electron chi connectivity index (χ1n) is 11.9. The summed E-state index contributed by atoms with van der Waals surface area (Å²) in [6, 6.07) is 5.96. The Hall–Kier alpha value is -2.72. The fourth-order valence-corrected chi connectivity index (χ4v) is 4.51. The molecular weight excluding hydrogens is 434 g/mol. The maximum atomic E-state index is 5.94. The van der Waals surface area contributed by atoms with Crippen molar-refractivity contribution in [3.05, 3.63) is 30.6 Å². The Balaban J connectivity index is 1.32. The van der Waals surface area contributed by atoms with Crippen molar-refractivity contribution in [3.63, 3.8) is 0 Å². The summed E-state index contributed by atoms with van der Waals surface area (Å²) in [7, 11) is 2.11. The number of nitrogens with zero attached hydrogens (tertiary/aromatic N) is 7. The zero-order valence-corrected chi connectivity index (χ0v) is 20.3. The molecule has 2 aliphatic rings. The van der Waals surface area contributed by atoms with Gasteiger partial charge in [-0.15, -0.1) is 0 Å². The molecule has 4 heterocycles. The van der Waals surface area contributed by atoms with E-state index in [2.05, 4.69) is 38.1 Å². The van der Waals surface area contributed by atoms with E-state index in [0.717, 1.165) is 69.1 Å². The zero-order chi connectivity index (χ0) is 23.0. The van der Waals surface area contributed by atoms with Gasteiger partial charge in [-0.1, -0.05) is 0 Å². The number of pyridine rings is 1. The van der Waals surface area contributed by atoms with Crippen LogP contribution in [0.25, 0.3) is 0 Å². The van der Waals surface area contributed by atoms with Crippen molar-refractivity contribution in [1.82, 2.24) is 19.9 Å². The average Bonchev–Trinajstić information content (AvgIpc) is 3.54. The van der Waals surface area contributed by atoms with Crippen LogP contribution in [-0.4, -0.2) is 84.4 Å². The molecule has 0 spiro atoms. The van der Waals surface area contributed by atoms with Crippen LogP contribution in [0.15, 0.2) is 30.6 Å². The topological polar surface area (TPSA) is 89.7 Å². The molecule has 0 amide bonds. The van der Waals surface area contributed by atoms with Gasteiger partial charge in [0.25, 0.3) is 0 Å². The lowest BCUT2D eigenvalue weighted by Crippen LogP contribution is -2.41. The molecule has 10 heteroatoms. The molecule has 0 unspecified atom stereocenters. The summed E-state index contributed by atoms with van der Waals surface area (Å²) in [4.78, 5) is 22.8. The predicted molar refractivity (Wildman–Crippen MR) is 139 cm³/mol. The third kappa shape index (κ3) is 6.42. The minimum absolute atomic E-state index is 0.361. The Kier molecular flexibility index (Phi) is 8.11. The minimum Gasteiger partial charge on any atom is -0.376 e. The van der Waals surface area contributed by atoms with Crippen molar-refractivity contribution >= 4 is 40.6 Å². The number of thiocarbonyl (C=S) groups is 1. The molecule has 0 aromatic carbocycles. The molecule has 0 bridgehead atoms. The second kappa shape index (κ2) is 11.4. The normalized spacial score (nSPS) is 15.9. The van der Waals surface area contributed by atoms with E-state index in [1.807, 2.05) is 17.0 Å². The van der Waals surface area contributed by atoms with Crippen molar-refractivity contribution in [2.45, 2.75) is 25.7 Å². The van der Waals surface area contributed by atoms with Gasteiger partial charge in [0.15, 0.2) is 5.11 Å². The van der Waals surface area contributed by atoms with Crippen molar-refractivity contribution < 1.29 is 0 Å². The van der Waals surface area contributed by atoms with Crippen LogP contribution in [0.4, 0.5) is 23.3 Å². The van der Waals surface area contributed by atoms with Crippen LogP contribution in [0.2, 0.25) is 0 Å². The molecule has 2 aromatic rings. The van der Waals surface area contributed by atoms with E-state index >= 15 is 0 Å². The van der Waals surface area contributed by atoms with Crippen LogP contribution in [0.5, 0.6) is 0 Å². The molecule has 0 radical (unpaired) electrons. The largest absolute Gasteiger partial charge is 0.376 e. The highest BCUT2D eigenvalue weighted by Crippen LogP contribution is 2.25. The van der Waals surface area contributed by atoms with Gasteiger partial charge in [-0.25, -0.2) is 0 Å². The summed E-state index contributed by atoms with van der Waals surface area (Å²) in [6.07, 6.45) is 8.43. The van der Waals surface area contributed by atoms with Gasteiger partial charge in [0.05, 0.1) is 11.9 Å². The van der Waals surface area contributed by atoms with Gasteiger partial charge in [0.2, 0.25) is 5.95 Å².